The van der Waals surface area contributed by atoms with Gasteiger partial charge in [0, 0.05) is 31.8 Å². The standard InChI is InChI=1S/C25H32ClFN4O4/c1-16(2)35-19-9-11-25(27,12-10-19)23-28-21-20(31(23)15-17-5-7-18(26)8-6-17)22(33)30(13-4-14-32)24(34)29(21)3/h5-8,16,19,32H,4,9-15H2,1-3H3. The minimum absolute atomic E-state index is 0.0203. The van der Waals surface area contributed by atoms with E-state index in [1.54, 1.807) is 16.7 Å². The van der Waals surface area contributed by atoms with E-state index in [1.807, 2.05) is 26.0 Å². The number of ether oxygens (including phenoxy) is 1. The van der Waals surface area contributed by atoms with Crippen molar-refractivity contribution < 1.29 is 14.2 Å². The van der Waals surface area contributed by atoms with Crippen LogP contribution in [-0.4, -0.2) is 42.6 Å². The number of hydrogen-bond donors (Lipinski definition) is 1. The number of aliphatic hydroxyl groups excluding tert-OH is 1. The summed E-state index contributed by atoms with van der Waals surface area (Å²) < 4.78 is 26.4. The summed E-state index contributed by atoms with van der Waals surface area (Å²) in [4.78, 5) is 31.0. The Labute approximate surface area is 207 Å². The number of benzene rings is 1. The molecule has 0 unspecified atom stereocenters. The van der Waals surface area contributed by atoms with Gasteiger partial charge in [-0.05, 0) is 63.6 Å². The van der Waals surface area contributed by atoms with E-state index in [0.29, 0.717) is 17.9 Å². The third-order valence-corrected chi connectivity index (χ3v) is 6.87. The van der Waals surface area contributed by atoms with Crippen LogP contribution in [0.15, 0.2) is 33.9 Å². The highest BCUT2D eigenvalue weighted by atomic mass is 35.5. The zero-order chi connectivity index (χ0) is 25.3. The zero-order valence-electron chi connectivity index (χ0n) is 20.3. The average molecular weight is 507 g/mol. The molecule has 2 aromatic heterocycles. The second-order valence-electron chi connectivity index (χ2n) is 9.55. The maximum atomic E-state index is 16.6. The Balaban J connectivity index is 1.87. The molecular formula is C25H32ClFN4O4. The highest BCUT2D eigenvalue weighted by molar-refractivity contribution is 6.30. The van der Waals surface area contributed by atoms with Gasteiger partial charge in [-0.25, -0.2) is 14.2 Å². The van der Waals surface area contributed by atoms with Crippen LogP contribution < -0.4 is 11.2 Å². The van der Waals surface area contributed by atoms with E-state index in [2.05, 4.69) is 4.98 Å². The third-order valence-electron chi connectivity index (χ3n) is 6.62. The van der Waals surface area contributed by atoms with Gasteiger partial charge in [0.25, 0.3) is 5.56 Å². The molecule has 0 aliphatic heterocycles. The monoisotopic (exact) mass is 506 g/mol. The molecule has 1 aromatic carbocycles. The highest BCUT2D eigenvalue weighted by Gasteiger charge is 2.42. The molecule has 1 saturated carbocycles. The van der Waals surface area contributed by atoms with Gasteiger partial charge in [0.05, 0.1) is 12.2 Å². The summed E-state index contributed by atoms with van der Waals surface area (Å²) in [5.74, 6) is 0.150. The molecule has 8 nitrogen and oxygen atoms in total. The van der Waals surface area contributed by atoms with Gasteiger partial charge in [-0.1, -0.05) is 23.7 Å². The fraction of sp³-hybridized carbons (Fsp3) is 0.560. The molecule has 1 aliphatic rings. The zero-order valence-corrected chi connectivity index (χ0v) is 21.1. The molecule has 1 N–H and O–H groups in total. The third kappa shape index (κ3) is 5.08. The van der Waals surface area contributed by atoms with Crippen LogP contribution in [0.5, 0.6) is 0 Å². The summed E-state index contributed by atoms with van der Waals surface area (Å²) >= 11 is 6.04. The van der Waals surface area contributed by atoms with Gasteiger partial charge in [0.1, 0.15) is 5.82 Å². The molecule has 0 atom stereocenters. The Hall–Kier alpha value is -2.49. The van der Waals surface area contributed by atoms with E-state index in [-0.39, 0.29) is 68.2 Å². The topological polar surface area (TPSA) is 91.3 Å². The van der Waals surface area contributed by atoms with Crippen molar-refractivity contribution in [2.75, 3.05) is 6.61 Å². The molecule has 0 amide bonds. The Morgan fingerprint density at radius 2 is 1.86 bits per heavy atom. The molecule has 35 heavy (non-hydrogen) atoms. The van der Waals surface area contributed by atoms with Crippen LogP contribution in [0.4, 0.5) is 4.39 Å². The second-order valence-corrected chi connectivity index (χ2v) is 9.98. The molecule has 190 valence electrons. The summed E-state index contributed by atoms with van der Waals surface area (Å²) in [6, 6.07) is 7.13. The van der Waals surface area contributed by atoms with Gasteiger partial charge < -0.3 is 14.4 Å². The molecule has 2 heterocycles. The second kappa shape index (κ2) is 10.2. The lowest BCUT2D eigenvalue weighted by Crippen LogP contribution is -2.40. The van der Waals surface area contributed by atoms with E-state index in [9.17, 15) is 14.7 Å². The number of nitrogens with zero attached hydrogens (tertiary/aromatic N) is 4. The van der Waals surface area contributed by atoms with Crippen molar-refractivity contribution in [3.8, 4) is 0 Å². The molecule has 1 fully saturated rings. The number of hydrogen-bond acceptors (Lipinski definition) is 5. The first kappa shape index (κ1) is 25.6. The van der Waals surface area contributed by atoms with Crippen LogP contribution >= 0.6 is 11.6 Å². The quantitative estimate of drug-likeness (QED) is 0.505. The fourth-order valence-corrected chi connectivity index (χ4v) is 4.99. The van der Waals surface area contributed by atoms with Crippen molar-refractivity contribution in [1.29, 1.82) is 0 Å². The predicted molar refractivity (Wildman–Crippen MR) is 133 cm³/mol. The molecular weight excluding hydrogens is 475 g/mol. The van der Waals surface area contributed by atoms with Gasteiger partial charge in [-0.3, -0.25) is 13.9 Å². The molecule has 3 aromatic rings. The lowest BCUT2D eigenvalue weighted by molar-refractivity contribution is -0.0476. The minimum atomic E-state index is -1.76. The Morgan fingerprint density at radius 3 is 2.46 bits per heavy atom. The number of aromatic nitrogens is 4. The molecule has 1 aliphatic carbocycles. The van der Waals surface area contributed by atoms with Crippen molar-refractivity contribution >= 4 is 22.8 Å². The molecule has 10 heteroatoms. The van der Waals surface area contributed by atoms with Crippen LogP contribution in [0.1, 0.15) is 57.3 Å². The van der Waals surface area contributed by atoms with Crippen LogP contribution in [0.2, 0.25) is 5.02 Å². The normalized spacial score (nSPS) is 20.7. The first-order valence-corrected chi connectivity index (χ1v) is 12.4. The number of aliphatic hydroxyl groups is 1. The first-order valence-electron chi connectivity index (χ1n) is 12.0. The Bertz CT molecular complexity index is 1300. The van der Waals surface area contributed by atoms with Crippen molar-refractivity contribution in [2.45, 2.75) is 76.9 Å². The molecule has 0 spiro atoms. The van der Waals surface area contributed by atoms with Gasteiger partial charge in [0.2, 0.25) is 0 Å². The summed E-state index contributed by atoms with van der Waals surface area (Å²) in [6.07, 6.45) is 1.80. The van der Waals surface area contributed by atoms with E-state index < -0.39 is 16.9 Å². The minimum Gasteiger partial charge on any atom is -0.396 e. The molecule has 4 rings (SSSR count). The molecule has 0 bridgehead atoms. The Morgan fingerprint density at radius 1 is 1.20 bits per heavy atom. The summed E-state index contributed by atoms with van der Waals surface area (Å²) in [5.41, 5.74) is -1.69. The largest absolute Gasteiger partial charge is 0.396 e. The summed E-state index contributed by atoms with van der Waals surface area (Å²) in [5, 5.41) is 9.81. The fourth-order valence-electron chi connectivity index (χ4n) is 4.86. The van der Waals surface area contributed by atoms with Gasteiger partial charge in [-0.15, -0.1) is 0 Å². The maximum absolute atomic E-state index is 16.6. The van der Waals surface area contributed by atoms with E-state index in [1.165, 1.54) is 11.6 Å². The number of alkyl halides is 1. The molecule has 0 saturated heterocycles. The maximum Gasteiger partial charge on any atom is 0.332 e. The number of imidazole rings is 1. The van der Waals surface area contributed by atoms with Crippen LogP contribution in [0, 0.1) is 0 Å². The van der Waals surface area contributed by atoms with Gasteiger partial charge in [0.15, 0.2) is 16.8 Å². The Kier molecular flexibility index (Phi) is 7.49. The van der Waals surface area contributed by atoms with Crippen molar-refractivity contribution in [2.24, 2.45) is 7.05 Å². The van der Waals surface area contributed by atoms with E-state index >= 15 is 4.39 Å². The van der Waals surface area contributed by atoms with Crippen LogP contribution in [0.3, 0.4) is 0 Å². The summed E-state index contributed by atoms with van der Waals surface area (Å²) in [7, 11) is 1.53. The SMILES string of the molecule is CC(C)OC1CCC(F)(c2nc3c(c(=O)n(CCCO)c(=O)n3C)n2Cc2ccc(Cl)cc2)CC1. The predicted octanol–water partition coefficient (Wildman–Crippen LogP) is 3.51. The van der Waals surface area contributed by atoms with Crippen molar-refractivity contribution in [3.63, 3.8) is 0 Å². The lowest BCUT2D eigenvalue weighted by atomic mass is 9.84. The van der Waals surface area contributed by atoms with Gasteiger partial charge >= 0.3 is 5.69 Å². The smallest absolute Gasteiger partial charge is 0.332 e. The van der Waals surface area contributed by atoms with E-state index in [4.69, 9.17) is 16.3 Å². The van der Waals surface area contributed by atoms with Crippen LogP contribution in [0.25, 0.3) is 11.2 Å². The average Bonchev–Trinajstić information content (AvgIpc) is 3.21. The molecule has 0 radical (unpaired) electrons. The van der Waals surface area contributed by atoms with E-state index in [0.717, 1.165) is 10.1 Å². The number of rotatable bonds is 8. The number of aryl methyl sites for hydroxylation is 1. The van der Waals surface area contributed by atoms with Crippen molar-refractivity contribution in [1.82, 2.24) is 18.7 Å². The number of halogens is 2. The van der Waals surface area contributed by atoms with Crippen LogP contribution in [-0.2, 0) is 30.5 Å². The highest BCUT2D eigenvalue weighted by Crippen LogP contribution is 2.42. The number of fused-ring (bicyclic) bond motifs is 1. The lowest BCUT2D eigenvalue weighted by Gasteiger charge is -2.34. The summed E-state index contributed by atoms with van der Waals surface area (Å²) in [6.45, 7) is 4.04. The first-order chi connectivity index (χ1) is 16.6. The van der Waals surface area contributed by atoms with Gasteiger partial charge in [-0.2, -0.15) is 0 Å². The van der Waals surface area contributed by atoms with Crippen molar-refractivity contribution in [3.05, 3.63) is 61.5 Å².